The first-order valence-corrected chi connectivity index (χ1v) is 6.45. The Balaban J connectivity index is 2.30. The van der Waals surface area contributed by atoms with Gasteiger partial charge in [-0.05, 0) is 24.1 Å². The first kappa shape index (κ1) is 14.8. The molecule has 0 bridgehead atoms. The number of carboxylic acids is 1. The minimum Gasteiger partial charge on any atom is -0.478 e. The molecule has 0 unspecified atom stereocenters. The van der Waals surface area contributed by atoms with Crippen LogP contribution in [0.5, 0.6) is 0 Å². The van der Waals surface area contributed by atoms with Crippen LogP contribution in [-0.2, 0) is 11.2 Å². The summed E-state index contributed by atoms with van der Waals surface area (Å²) in [5, 5.41) is 12.2. The number of hydrogen-bond acceptors (Lipinski definition) is 5. The molecule has 0 saturated heterocycles. The molecule has 4 N–H and O–H groups in total. The molecular weight excluding hydrogens is 270 g/mol. The summed E-state index contributed by atoms with van der Waals surface area (Å²) in [7, 11) is 1.64. The molecule has 0 aliphatic heterocycles. The highest BCUT2D eigenvalue weighted by Gasteiger charge is 2.13. The van der Waals surface area contributed by atoms with Gasteiger partial charge in [0.2, 0.25) is 0 Å². The SMILES string of the molecule is COCCc1ccccc1Nc1nccc(C(=O)O)c1N. The lowest BCUT2D eigenvalue weighted by molar-refractivity contribution is 0.0698. The molecule has 0 aliphatic carbocycles. The number of rotatable bonds is 6. The maximum absolute atomic E-state index is 11.1. The van der Waals surface area contributed by atoms with Gasteiger partial charge in [-0.3, -0.25) is 0 Å². The largest absolute Gasteiger partial charge is 0.478 e. The van der Waals surface area contributed by atoms with Gasteiger partial charge in [0.1, 0.15) is 0 Å². The first-order valence-electron chi connectivity index (χ1n) is 6.45. The molecule has 110 valence electrons. The summed E-state index contributed by atoms with van der Waals surface area (Å²) in [6, 6.07) is 9.05. The summed E-state index contributed by atoms with van der Waals surface area (Å²) in [5.74, 6) is -0.745. The van der Waals surface area contributed by atoms with E-state index < -0.39 is 5.97 Å². The number of nitrogens with one attached hydrogen (secondary N) is 1. The Morgan fingerprint density at radius 3 is 2.86 bits per heavy atom. The molecule has 0 aliphatic rings. The lowest BCUT2D eigenvalue weighted by Crippen LogP contribution is -2.08. The molecule has 1 heterocycles. The summed E-state index contributed by atoms with van der Waals surface area (Å²) in [5.41, 5.74) is 7.87. The Bertz CT molecular complexity index is 644. The van der Waals surface area contributed by atoms with E-state index >= 15 is 0 Å². The summed E-state index contributed by atoms with van der Waals surface area (Å²) < 4.78 is 5.08. The smallest absolute Gasteiger partial charge is 0.337 e. The Kier molecular flexibility index (Phi) is 4.73. The van der Waals surface area contributed by atoms with Crippen molar-refractivity contribution in [1.29, 1.82) is 0 Å². The fourth-order valence-electron chi connectivity index (χ4n) is 1.96. The second-order valence-corrected chi connectivity index (χ2v) is 4.45. The highest BCUT2D eigenvalue weighted by Crippen LogP contribution is 2.26. The molecule has 0 atom stereocenters. The first-order chi connectivity index (χ1) is 10.1. The van der Waals surface area contributed by atoms with Crippen LogP contribution in [0.1, 0.15) is 15.9 Å². The molecule has 1 aromatic carbocycles. The summed E-state index contributed by atoms with van der Waals surface area (Å²) in [6.45, 7) is 0.594. The second-order valence-electron chi connectivity index (χ2n) is 4.45. The zero-order valence-electron chi connectivity index (χ0n) is 11.7. The number of nitrogens with zero attached hydrogens (tertiary/aromatic N) is 1. The average molecular weight is 287 g/mol. The van der Waals surface area contributed by atoms with Crippen molar-refractivity contribution in [2.24, 2.45) is 0 Å². The van der Waals surface area contributed by atoms with Crippen LogP contribution in [0.15, 0.2) is 36.5 Å². The van der Waals surface area contributed by atoms with E-state index in [0.29, 0.717) is 12.4 Å². The van der Waals surface area contributed by atoms with Crippen LogP contribution in [0, 0.1) is 0 Å². The van der Waals surface area contributed by atoms with Gasteiger partial charge in [-0.25, -0.2) is 9.78 Å². The minimum atomic E-state index is -1.08. The van der Waals surface area contributed by atoms with E-state index in [1.165, 1.54) is 12.3 Å². The van der Waals surface area contributed by atoms with E-state index in [0.717, 1.165) is 17.7 Å². The Hall–Kier alpha value is -2.60. The van der Waals surface area contributed by atoms with E-state index in [9.17, 15) is 4.79 Å². The van der Waals surface area contributed by atoms with Gasteiger partial charge < -0.3 is 20.9 Å². The number of aromatic nitrogens is 1. The predicted molar refractivity (Wildman–Crippen MR) is 80.9 cm³/mol. The number of nitrogens with two attached hydrogens (primary N) is 1. The van der Waals surface area contributed by atoms with Crippen LogP contribution in [0.25, 0.3) is 0 Å². The topological polar surface area (TPSA) is 97.5 Å². The van der Waals surface area contributed by atoms with Gasteiger partial charge >= 0.3 is 5.97 Å². The molecule has 6 nitrogen and oxygen atoms in total. The Morgan fingerprint density at radius 2 is 2.14 bits per heavy atom. The lowest BCUT2D eigenvalue weighted by atomic mass is 10.1. The van der Waals surface area contributed by atoms with Crippen LogP contribution >= 0.6 is 0 Å². The van der Waals surface area contributed by atoms with Gasteiger partial charge in [-0.1, -0.05) is 18.2 Å². The molecule has 21 heavy (non-hydrogen) atoms. The van der Waals surface area contributed by atoms with Crippen molar-refractivity contribution in [1.82, 2.24) is 4.98 Å². The molecular formula is C15H17N3O3. The van der Waals surface area contributed by atoms with Gasteiger partial charge in [0, 0.05) is 19.0 Å². The molecule has 0 fully saturated rings. The van der Waals surface area contributed by atoms with Crippen LogP contribution in [0.2, 0.25) is 0 Å². The Labute approximate surface area is 122 Å². The van der Waals surface area contributed by atoms with Crippen LogP contribution in [-0.4, -0.2) is 29.8 Å². The quantitative estimate of drug-likeness (QED) is 0.754. The van der Waals surface area contributed by atoms with Crippen LogP contribution < -0.4 is 11.1 Å². The molecule has 0 spiro atoms. The number of nitrogen functional groups attached to an aromatic ring is 1. The van der Waals surface area contributed by atoms with E-state index in [1.807, 2.05) is 24.3 Å². The third kappa shape index (κ3) is 3.49. The maximum atomic E-state index is 11.1. The van der Waals surface area contributed by atoms with E-state index in [4.69, 9.17) is 15.6 Å². The molecule has 6 heteroatoms. The van der Waals surface area contributed by atoms with Gasteiger partial charge in [0.15, 0.2) is 5.82 Å². The zero-order valence-corrected chi connectivity index (χ0v) is 11.7. The lowest BCUT2D eigenvalue weighted by Gasteiger charge is -2.13. The number of ether oxygens (including phenoxy) is 1. The van der Waals surface area contributed by atoms with Gasteiger partial charge in [-0.2, -0.15) is 0 Å². The number of methoxy groups -OCH3 is 1. The van der Waals surface area contributed by atoms with Gasteiger partial charge in [0.05, 0.1) is 17.9 Å². The number of carboxylic acid groups (broad SMARTS) is 1. The number of pyridine rings is 1. The number of para-hydroxylation sites is 1. The zero-order chi connectivity index (χ0) is 15.2. The van der Waals surface area contributed by atoms with Crippen molar-refractivity contribution in [3.05, 3.63) is 47.7 Å². The molecule has 1 aromatic heterocycles. The van der Waals surface area contributed by atoms with Crippen LogP contribution in [0.4, 0.5) is 17.2 Å². The van der Waals surface area contributed by atoms with E-state index in [-0.39, 0.29) is 11.3 Å². The molecule has 0 radical (unpaired) electrons. The maximum Gasteiger partial charge on any atom is 0.337 e. The number of anilines is 3. The van der Waals surface area contributed by atoms with Crippen molar-refractivity contribution in [3.8, 4) is 0 Å². The molecule has 2 rings (SSSR count). The number of carbonyl (C=O) groups is 1. The molecule has 0 amide bonds. The van der Waals surface area contributed by atoms with E-state index in [1.54, 1.807) is 7.11 Å². The van der Waals surface area contributed by atoms with Gasteiger partial charge in [0.25, 0.3) is 0 Å². The highest BCUT2D eigenvalue weighted by atomic mass is 16.5. The molecule has 2 aromatic rings. The monoisotopic (exact) mass is 287 g/mol. The number of hydrogen-bond donors (Lipinski definition) is 3. The minimum absolute atomic E-state index is 0.0295. The molecule has 0 saturated carbocycles. The van der Waals surface area contributed by atoms with Crippen LogP contribution in [0.3, 0.4) is 0 Å². The standard InChI is InChI=1S/C15H17N3O3/c1-21-9-7-10-4-2-3-5-12(10)18-14-13(16)11(15(19)20)6-8-17-14/h2-6,8H,7,9,16H2,1H3,(H,17,18)(H,19,20). The Morgan fingerprint density at radius 1 is 1.38 bits per heavy atom. The van der Waals surface area contributed by atoms with E-state index in [2.05, 4.69) is 10.3 Å². The third-order valence-electron chi connectivity index (χ3n) is 3.07. The second kappa shape index (κ2) is 6.71. The van der Waals surface area contributed by atoms with Gasteiger partial charge in [-0.15, -0.1) is 0 Å². The number of aromatic carboxylic acids is 1. The van der Waals surface area contributed by atoms with Crippen molar-refractivity contribution < 1.29 is 14.6 Å². The predicted octanol–water partition coefficient (Wildman–Crippen LogP) is 2.29. The normalized spacial score (nSPS) is 10.3. The number of benzene rings is 1. The van der Waals surface area contributed by atoms with Crippen molar-refractivity contribution in [2.75, 3.05) is 24.8 Å². The average Bonchev–Trinajstić information content (AvgIpc) is 2.48. The van der Waals surface area contributed by atoms with Crippen molar-refractivity contribution in [3.63, 3.8) is 0 Å². The third-order valence-corrected chi connectivity index (χ3v) is 3.07. The van der Waals surface area contributed by atoms with Crippen molar-refractivity contribution in [2.45, 2.75) is 6.42 Å². The fourth-order valence-corrected chi connectivity index (χ4v) is 1.96. The summed E-state index contributed by atoms with van der Waals surface area (Å²) in [4.78, 5) is 15.2. The fraction of sp³-hybridized carbons (Fsp3) is 0.200. The highest BCUT2D eigenvalue weighted by molar-refractivity contribution is 5.96. The summed E-state index contributed by atoms with van der Waals surface area (Å²) in [6.07, 6.45) is 2.15. The summed E-state index contributed by atoms with van der Waals surface area (Å²) >= 11 is 0. The van der Waals surface area contributed by atoms with Crippen molar-refractivity contribution >= 4 is 23.2 Å².